The third-order valence-corrected chi connectivity index (χ3v) is 7.31. The summed E-state index contributed by atoms with van der Waals surface area (Å²) >= 11 is 7.80. The molecular weight excluding hydrogens is 440 g/mol. The van der Waals surface area contributed by atoms with Crippen LogP contribution in [0, 0.1) is 0 Å². The van der Waals surface area contributed by atoms with Crippen molar-refractivity contribution in [2.75, 3.05) is 31.1 Å². The van der Waals surface area contributed by atoms with Crippen LogP contribution >= 0.6 is 22.9 Å². The van der Waals surface area contributed by atoms with E-state index in [1.54, 1.807) is 17.7 Å². The van der Waals surface area contributed by atoms with Gasteiger partial charge in [-0.3, -0.25) is 4.90 Å². The van der Waals surface area contributed by atoms with Gasteiger partial charge in [0.2, 0.25) is 0 Å². The van der Waals surface area contributed by atoms with Gasteiger partial charge in [0, 0.05) is 55.0 Å². The second-order valence-electron chi connectivity index (χ2n) is 7.99. The average Bonchev–Trinajstić information content (AvgIpc) is 3.43. The molecule has 5 aromatic rings. The molecule has 8 heteroatoms. The summed E-state index contributed by atoms with van der Waals surface area (Å²) in [6, 6.07) is 16.2. The molecule has 6 nitrogen and oxygen atoms in total. The van der Waals surface area contributed by atoms with E-state index in [0.717, 1.165) is 70.7 Å². The number of thiophene rings is 1. The van der Waals surface area contributed by atoms with E-state index in [0.29, 0.717) is 0 Å². The fourth-order valence-electron chi connectivity index (χ4n) is 4.23. The standard InChI is InChI=1S/C24H21ClN6S/c25-18-6-4-17(5-7-18)21-13-20-23(32-21)24(27-16-26-20)30-11-9-29(10-12-30)14-19-15-31-8-2-1-3-22(31)28-19/h1-8,13,15-16H,9-12,14H2. The molecule has 0 amide bonds. The van der Waals surface area contributed by atoms with E-state index in [1.807, 2.05) is 36.5 Å². The number of hydrogen-bond donors (Lipinski definition) is 0. The fraction of sp³-hybridized carbons (Fsp3) is 0.208. The number of imidazole rings is 1. The minimum absolute atomic E-state index is 0.747. The van der Waals surface area contributed by atoms with E-state index in [1.165, 1.54) is 4.88 Å². The van der Waals surface area contributed by atoms with Gasteiger partial charge < -0.3 is 9.30 Å². The van der Waals surface area contributed by atoms with Crippen molar-refractivity contribution in [1.29, 1.82) is 0 Å². The zero-order valence-corrected chi connectivity index (χ0v) is 18.9. The third kappa shape index (κ3) is 3.72. The molecule has 0 atom stereocenters. The summed E-state index contributed by atoms with van der Waals surface area (Å²) < 4.78 is 3.23. The number of hydrogen-bond acceptors (Lipinski definition) is 6. The minimum Gasteiger partial charge on any atom is -0.353 e. The first-order valence-corrected chi connectivity index (χ1v) is 11.8. The molecule has 4 aromatic heterocycles. The largest absolute Gasteiger partial charge is 0.353 e. The average molecular weight is 461 g/mol. The summed E-state index contributed by atoms with van der Waals surface area (Å²) in [4.78, 5) is 19.9. The zero-order valence-electron chi connectivity index (χ0n) is 17.4. The van der Waals surface area contributed by atoms with Crippen LogP contribution < -0.4 is 4.90 Å². The molecule has 0 spiro atoms. The molecule has 0 aliphatic carbocycles. The lowest BCUT2D eigenvalue weighted by Crippen LogP contribution is -2.46. The molecule has 1 fully saturated rings. The van der Waals surface area contributed by atoms with Crippen molar-refractivity contribution in [2.45, 2.75) is 6.54 Å². The Morgan fingerprint density at radius 3 is 2.62 bits per heavy atom. The molecule has 32 heavy (non-hydrogen) atoms. The Kier molecular flexibility index (Phi) is 5.02. The third-order valence-electron chi connectivity index (χ3n) is 5.89. The fourth-order valence-corrected chi connectivity index (χ4v) is 5.49. The minimum atomic E-state index is 0.747. The van der Waals surface area contributed by atoms with Crippen LogP contribution in [0.2, 0.25) is 5.02 Å². The monoisotopic (exact) mass is 460 g/mol. The Morgan fingerprint density at radius 2 is 1.81 bits per heavy atom. The summed E-state index contributed by atoms with van der Waals surface area (Å²) in [6.07, 6.45) is 5.85. The number of halogens is 1. The SMILES string of the molecule is Clc1ccc(-c2cc3ncnc(N4CCN(Cc5cn6ccccc6n5)CC4)c3s2)cc1. The van der Waals surface area contributed by atoms with Gasteiger partial charge in [-0.05, 0) is 35.9 Å². The summed E-state index contributed by atoms with van der Waals surface area (Å²) in [5, 5.41) is 0.747. The highest BCUT2D eigenvalue weighted by Crippen LogP contribution is 2.37. The van der Waals surface area contributed by atoms with Crippen LogP contribution in [-0.4, -0.2) is 50.4 Å². The predicted molar refractivity (Wildman–Crippen MR) is 131 cm³/mol. The molecule has 1 aromatic carbocycles. The van der Waals surface area contributed by atoms with Crippen LogP contribution in [0.3, 0.4) is 0 Å². The van der Waals surface area contributed by atoms with Gasteiger partial charge in [0.25, 0.3) is 0 Å². The molecule has 6 rings (SSSR count). The molecule has 1 saturated heterocycles. The molecule has 0 N–H and O–H groups in total. The molecule has 0 radical (unpaired) electrons. The molecule has 160 valence electrons. The normalized spacial score (nSPS) is 15.1. The molecule has 0 saturated carbocycles. The van der Waals surface area contributed by atoms with E-state index in [4.69, 9.17) is 16.6 Å². The summed E-state index contributed by atoms with van der Waals surface area (Å²) in [6.45, 7) is 4.71. The van der Waals surface area contributed by atoms with E-state index < -0.39 is 0 Å². The Labute approximate surface area is 194 Å². The molecule has 5 heterocycles. The molecular formula is C24H21ClN6S. The van der Waals surface area contributed by atoms with Gasteiger partial charge in [0.1, 0.15) is 17.8 Å². The van der Waals surface area contributed by atoms with Gasteiger partial charge in [-0.25, -0.2) is 15.0 Å². The quantitative estimate of drug-likeness (QED) is 0.378. The molecule has 0 bridgehead atoms. The first-order valence-electron chi connectivity index (χ1n) is 10.6. The lowest BCUT2D eigenvalue weighted by atomic mass is 10.2. The van der Waals surface area contributed by atoms with Crippen molar-refractivity contribution in [2.24, 2.45) is 0 Å². The van der Waals surface area contributed by atoms with Crippen LogP contribution in [0.1, 0.15) is 5.69 Å². The second kappa shape index (κ2) is 8.16. The van der Waals surface area contributed by atoms with Gasteiger partial charge >= 0.3 is 0 Å². The molecule has 1 aliphatic rings. The topological polar surface area (TPSA) is 49.6 Å². The predicted octanol–water partition coefficient (Wildman–Crippen LogP) is 4.98. The van der Waals surface area contributed by atoms with E-state index in [-0.39, 0.29) is 0 Å². The maximum atomic E-state index is 6.05. The number of piperazine rings is 1. The lowest BCUT2D eigenvalue weighted by molar-refractivity contribution is 0.247. The molecule has 0 unspecified atom stereocenters. The number of benzene rings is 1. The van der Waals surface area contributed by atoms with Gasteiger partial charge in [-0.2, -0.15) is 0 Å². The van der Waals surface area contributed by atoms with Crippen LogP contribution in [0.25, 0.3) is 26.3 Å². The van der Waals surface area contributed by atoms with Crippen LogP contribution in [0.5, 0.6) is 0 Å². The Morgan fingerprint density at radius 1 is 0.969 bits per heavy atom. The van der Waals surface area contributed by atoms with Gasteiger partial charge in [0.05, 0.1) is 15.9 Å². The number of anilines is 1. The number of pyridine rings is 1. The van der Waals surface area contributed by atoms with Crippen molar-refractivity contribution in [3.8, 4) is 10.4 Å². The number of fused-ring (bicyclic) bond motifs is 2. The first-order chi connectivity index (χ1) is 15.7. The highest BCUT2D eigenvalue weighted by Gasteiger charge is 2.22. The summed E-state index contributed by atoms with van der Waals surface area (Å²) in [7, 11) is 0. The van der Waals surface area contributed by atoms with Gasteiger partial charge in [-0.15, -0.1) is 11.3 Å². The number of aromatic nitrogens is 4. The maximum absolute atomic E-state index is 6.05. The van der Waals surface area contributed by atoms with Gasteiger partial charge in [0.15, 0.2) is 0 Å². The second-order valence-corrected chi connectivity index (χ2v) is 9.48. The van der Waals surface area contributed by atoms with Crippen LogP contribution in [0.4, 0.5) is 5.82 Å². The van der Waals surface area contributed by atoms with Crippen LogP contribution in [-0.2, 0) is 6.54 Å². The number of rotatable bonds is 4. The van der Waals surface area contributed by atoms with Crippen molar-refractivity contribution < 1.29 is 0 Å². The van der Waals surface area contributed by atoms with Crippen molar-refractivity contribution in [1.82, 2.24) is 24.3 Å². The van der Waals surface area contributed by atoms with Crippen LogP contribution in [0.15, 0.2) is 67.3 Å². The summed E-state index contributed by atoms with van der Waals surface area (Å²) in [5.74, 6) is 1.03. The smallest absolute Gasteiger partial charge is 0.150 e. The van der Waals surface area contributed by atoms with E-state index in [2.05, 4.69) is 48.6 Å². The highest BCUT2D eigenvalue weighted by atomic mass is 35.5. The Bertz CT molecular complexity index is 1350. The van der Waals surface area contributed by atoms with E-state index in [9.17, 15) is 0 Å². The Hall–Kier alpha value is -3.00. The number of nitrogens with zero attached hydrogens (tertiary/aromatic N) is 6. The van der Waals surface area contributed by atoms with Crippen molar-refractivity contribution >= 4 is 44.6 Å². The van der Waals surface area contributed by atoms with Gasteiger partial charge in [-0.1, -0.05) is 29.8 Å². The molecule has 1 aliphatic heterocycles. The van der Waals surface area contributed by atoms with E-state index >= 15 is 0 Å². The lowest BCUT2D eigenvalue weighted by Gasteiger charge is -2.35. The Balaban J connectivity index is 1.19. The maximum Gasteiger partial charge on any atom is 0.150 e. The highest BCUT2D eigenvalue weighted by molar-refractivity contribution is 7.22. The summed E-state index contributed by atoms with van der Waals surface area (Å²) in [5.41, 5.74) is 4.26. The van der Waals surface area contributed by atoms with Crippen molar-refractivity contribution in [3.63, 3.8) is 0 Å². The van der Waals surface area contributed by atoms with Crippen molar-refractivity contribution in [3.05, 3.63) is 78.0 Å². The first kappa shape index (κ1) is 19.7. The zero-order chi connectivity index (χ0) is 21.5.